The van der Waals surface area contributed by atoms with E-state index in [1.807, 2.05) is 18.2 Å². The summed E-state index contributed by atoms with van der Waals surface area (Å²) in [6.45, 7) is 5.14. The first-order valence-electron chi connectivity index (χ1n) is 10.9. The first-order valence-corrected chi connectivity index (χ1v) is 11.8. The van der Waals surface area contributed by atoms with Crippen LogP contribution in [0.25, 0.3) is 0 Å². The fourth-order valence-corrected chi connectivity index (χ4v) is 4.14. The molecular weight excluding hydrogens is 456 g/mol. The van der Waals surface area contributed by atoms with E-state index in [2.05, 4.69) is 40.0 Å². The van der Waals surface area contributed by atoms with Crippen LogP contribution in [0.2, 0.25) is 0 Å². The fourth-order valence-electron chi connectivity index (χ4n) is 3.49. The van der Waals surface area contributed by atoms with Gasteiger partial charge in [0.1, 0.15) is 13.2 Å². The highest BCUT2D eigenvalue weighted by atomic mass is 32.2. The van der Waals surface area contributed by atoms with Crippen molar-refractivity contribution in [2.45, 2.75) is 25.0 Å². The largest absolute Gasteiger partial charge is 0.486 e. The van der Waals surface area contributed by atoms with Crippen molar-refractivity contribution in [2.24, 2.45) is 13.0 Å². The number of thioether (sulfide) groups is 1. The van der Waals surface area contributed by atoms with Crippen LogP contribution in [0, 0.1) is 5.92 Å². The molecule has 178 valence electrons. The molecule has 2 heterocycles. The van der Waals surface area contributed by atoms with Crippen molar-refractivity contribution in [3.05, 3.63) is 53.6 Å². The minimum absolute atomic E-state index is 0.159. The van der Waals surface area contributed by atoms with E-state index in [0.717, 1.165) is 5.56 Å². The van der Waals surface area contributed by atoms with Gasteiger partial charge in [0.15, 0.2) is 11.5 Å². The topological polar surface area (TPSA) is 120 Å². The van der Waals surface area contributed by atoms with E-state index in [0.29, 0.717) is 41.1 Å². The average molecular weight is 483 g/mol. The summed E-state index contributed by atoms with van der Waals surface area (Å²) >= 11 is 1.24. The minimum atomic E-state index is -0.199. The molecule has 0 radical (unpaired) electrons. The van der Waals surface area contributed by atoms with E-state index in [-0.39, 0.29) is 29.5 Å². The van der Waals surface area contributed by atoms with Crippen LogP contribution >= 0.6 is 11.8 Å². The number of hydrogen-bond donors (Lipinski definition) is 2. The molecule has 0 saturated carbocycles. The number of rotatable bonds is 8. The van der Waals surface area contributed by atoms with Crippen LogP contribution in [0.3, 0.4) is 0 Å². The van der Waals surface area contributed by atoms with Crippen molar-refractivity contribution in [3.8, 4) is 11.5 Å². The number of benzene rings is 2. The van der Waals surface area contributed by atoms with Crippen LogP contribution in [-0.4, -0.2) is 51.0 Å². The average Bonchev–Trinajstić information content (AvgIpc) is 3.25. The second-order valence-corrected chi connectivity index (χ2v) is 9.04. The van der Waals surface area contributed by atoms with Gasteiger partial charge in [0, 0.05) is 18.3 Å². The van der Waals surface area contributed by atoms with Crippen molar-refractivity contribution in [2.75, 3.05) is 24.3 Å². The summed E-state index contributed by atoms with van der Waals surface area (Å²) in [6.07, 6.45) is 0. The van der Waals surface area contributed by atoms with Crippen LogP contribution in [0.15, 0.2) is 47.6 Å². The van der Waals surface area contributed by atoms with Gasteiger partial charge in [-0.2, -0.15) is 0 Å². The number of nitrogens with zero attached hydrogens (tertiary/aromatic N) is 4. The molecule has 1 atom stereocenters. The Balaban J connectivity index is 1.36. The molecule has 4 rings (SSSR count). The highest BCUT2D eigenvalue weighted by Gasteiger charge is 2.22. The maximum atomic E-state index is 12.9. The minimum Gasteiger partial charge on any atom is -0.486 e. The molecule has 0 fully saturated rings. The lowest BCUT2D eigenvalue weighted by molar-refractivity contribution is -0.113. The lowest BCUT2D eigenvalue weighted by Crippen LogP contribution is -2.32. The molecule has 2 aromatic carbocycles. The highest BCUT2D eigenvalue weighted by Crippen LogP contribution is 2.34. The second-order valence-electron chi connectivity index (χ2n) is 8.10. The van der Waals surface area contributed by atoms with E-state index in [1.54, 1.807) is 31.3 Å². The Bertz CT molecular complexity index is 1160. The summed E-state index contributed by atoms with van der Waals surface area (Å²) in [5.41, 5.74) is 2.05. The van der Waals surface area contributed by atoms with Crippen molar-refractivity contribution >= 4 is 29.3 Å². The van der Waals surface area contributed by atoms with E-state index in [9.17, 15) is 9.59 Å². The van der Waals surface area contributed by atoms with Crippen LogP contribution in [0.1, 0.15) is 35.8 Å². The number of carbonyl (C=O) groups excluding carboxylic acids is 2. The van der Waals surface area contributed by atoms with Crippen LogP contribution in [0.5, 0.6) is 11.5 Å². The number of hydrogen-bond acceptors (Lipinski definition) is 8. The standard InChI is InChI=1S/C23H26N6O4S/c1-14(2)21(16-6-9-18-19(12-16)33-11-10-32-18)25-22(31)15-4-7-17(8-5-15)24-20(30)13-34-23-26-27-28-29(23)3/h4-9,12,14,21H,10-11,13H2,1-3H3,(H,24,30)(H,25,31)/t21-/m1/s1. The third-order valence-electron chi connectivity index (χ3n) is 5.22. The van der Waals surface area contributed by atoms with Gasteiger partial charge in [0.25, 0.3) is 5.91 Å². The van der Waals surface area contributed by atoms with Gasteiger partial charge in [0.2, 0.25) is 11.1 Å². The van der Waals surface area contributed by atoms with Crippen LogP contribution in [0.4, 0.5) is 5.69 Å². The molecule has 0 spiro atoms. The Labute approximate surface area is 201 Å². The summed E-state index contributed by atoms with van der Waals surface area (Å²) in [5, 5.41) is 17.6. The molecule has 0 aliphatic carbocycles. The molecule has 2 amide bonds. The van der Waals surface area contributed by atoms with Crippen molar-refractivity contribution in [3.63, 3.8) is 0 Å². The smallest absolute Gasteiger partial charge is 0.251 e. The second kappa shape index (κ2) is 10.6. The van der Waals surface area contributed by atoms with Crippen molar-refractivity contribution < 1.29 is 19.1 Å². The number of aryl methyl sites for hydroxylation is 1. The van der Waals surface area contributed by atoms with Gasteiger partial charge >= 0.3 is 0 Å². The molecular formula is C23H26N6O4S. The zero-order valence-electron chi connectivity index (χ0n) is 19.1. The molecule has 1 aliphatic heterocycles. The molecule has 1 aromatic heterocycles. The molecule has 10 nitrogen and oxygen atoms in total. The summed E-state index contributed by atoms with van der Waals surface area (Å²) in [5.74, 6) is 1.35. The summed E-state index contributed by atoms with van der Waals surface area (Å²) in [6, 6.07) is 12.3. The number of anilines is 1. The molecule has 11 heteroatoms. The maximum Gasteiger partial charge on any atom is 0.251 e. The van der Waals surface area contributed by atoms with Gasteiger partial charge in [-0.3, -0.25) is 9.59 Å². The van der Waals surface area contributed by atoms with Gasteiger partial charge < -0.3 is 20.1 Å². The third-order valence-corrected chi connectivity index (χ3v) is 6.23. The molecule has 3 aromatic rings. The molecule has 34 heavy (non-hydrogen) atoms. The first kappa shape index (κ1) is 23.6. The van der Waals surface area contributed by atoms with Crippen molar-refractivity contribution in [1.82, 2.24) is 25.5 Å². The van der Waals surface area contributed by atoms with E-state index in [4.69, 9.17) is 9.47 Å². The maximum absolute atomic E-state index is 12.9. The molecule has 0 unspecified atom stereocenters. The number of ether oxygens (including phenoxy) is 2. The Hall–Kier alpha value is -3.60. The Morgan fingerprint density at radius 3 is 2.50 bits per heavy atom. The van der Waals surface area contributed by atoms with E-state index < -0.39 is 0 Å². The van der Waals surface area contributed by atoms with Crippen LogP contribution < -0.4 is 20.1 Å². The zero-order chi connectivity index (χ0) is 24.1. The first-order chi connectivity index (χ1) is 16.4. The van der Waals surface area contributed by atoms with E-state index in [1.165, 1.54) is 16.4 Å². The molecule has 0 saturated heterocycles. The van der Waals surface area contributed by atoms with Crippen molar-refractivity contribution in [1.29, 1.82) is 0 Å². The predicted molar refractivity (Wildman–Crippen MR) is 127 cm³/mol. The Morgan fingerprint density at radius 2 is 1.82 bits per heavy atom. The van der Waals surface area contributed by atoms with Gasteiger partial charge in [-0.25, -0.2) is 4.68 Å². The third kappa shape index (κ3) is 5.66. The SMILES string of the molecule is CC(C)[C@@H](NC(=O)c1ccc(NC(=O)CSc2nnnn2C)cc1)c1ccc2c(c1)OCCO2. The number of amides is 2. The van der Waals surface area contributed by atoms with E-state index >= 15 is 0 Å². The number of fused-ring (bicyclic) bond motifs is 1. The predicted octanol–water partition coefficient (Wildman–Crippen LogP) is 2.84. The lowest BCUT2D eigenvalue weighted by atomic mass is 9.95. The Kier molecular flexibility index (Phi) is 7.31. The van der Waals surface area contributed by atoms with Gasteiger partial charge in [-0.05, 0) is 58.3 Å². The molecule has 2 N–H and O–H groups in total. The molecule has 1 aliphatic rings. The number of aromatic nitrogens is 4. The normalized spacial score (nSPS) is 13.4. The summed E-state index contributed by atoms with van der Waals surface area (Å²) in [7, 11) is 1.71. The highest BCUT2D eigenvalue weighted by molar-refractivity contribution is 7.99. The van der Waals surface area contributed by atoms with Crippen LogP contribution in [-0.2, 0) is 11.8 Å². The van der Waals surface area contributed by atoms with Gasteiger partial charge in [-0.15, -0.1) is 5.10 Å². The summed E-state index contributed by atoms with van der Waals surface area (Å²) in [4.78, 5) is 25.2. The number of carbonyl (C=O) groups is 2. The van der Waals surface area contributed by atoms with Gasteiger partial charge in [-0.1, -0.05) is 31.7 Å². The Morgan fingerprint density at radius 1 is 1.09 bits per heavy atom. The monoisotopic (exact) mass is 482 g/mol. The quantitative estimate of drug-likeness (QED) is 0.470. The fraction of sp³-hybridized carbons (Fsp3) is 0.348. The van der Waals surface area contributed by atoms with Gasteiger partial charge in [0.05, 0.1) is 11.8 Å². The zero-order valence-corrected chi connectivity index (χ0v) is 20.0. The number of tetrazole rings is 1. The summed E-state index contributed by atoms with van der Waals surface area (Å²) < 4.78 is 12.8. The lowest BCUT2D eigenvalue weighted by Gasteiger charge is -2.25. The molecule has 0 bridgehead atoms. The number of nitrogens with one attached hydrogen (secondary N) is 2.